The largest absolute Gasteiger partial charge is 0.491 e. The van der Waals surface area contributed by atoms with Crippen LogP contribution in [0, 0.1) is 5.92 Å². The molecule has 0 aliphatic carbocycles. The molecule has 21 heavy (non-hydrogen) atoms. The zero-order chi connectivity index (χ0) is 15.4. The van der Waals surface area contributed by atoms with Crippen LogP contribution < -0.4 is 4.74 Å². The maximum atomic E-state index is 11.9. The molecule has 0 saturated carbocycles. The topological polar surface area (TPSA) is 66.8 Å². The van der Waals surface area contributed by atoms with E-state index in [4.69, 9.17) is 33.0 Å². The molecule has 1 unspecified atom stereocenters. The smallest absolute Gasteiger partial charge is 0.308 e. The zero-order valence-electron chi connectivity index (χ0n) is 11.2. The third-order valence-corrected chi connectivity index (χ3v) is 4.18. The lowest BCUT2D eigenvalue weighted by Gasteiger charge is -2.16. The summed E-state index contributed by atoms with van der Waals surface area (Å²) in [5, 5.41) is 9.62. The molecule has 1 fully saturated rings. The van der Waals surface area contributed by atoms with E-state index < -0.39 is 11.9 Å². The highest BCUT2D eigenvalue weighted by Gasteiger charge is 2.30. The Morgan fingerprint density at radius 3 is 2.81 bits per heavy atom. The van der Waals surface area contributed by atoms with Crippen LogP contribution in [0.3, 0.4) is 0 Å². The van der Waals surface area contributed by atoms with Crippen molar-refractivity contribution in [1.82, 2.24) is 4.90 Å². The number of rotatable bonds is 5. The summed E-state index contributed by atoms with van der Waals surface area (Å²) in [6.45, 7) is 0.924. The van der Waals surface area contributed by atoms with Crippen LogP contribution in [0.15, 0.2) is 18.2 Å². The second-order valence-electron chi connectivity index (χ2n) is 4.81. The monoisotopic (exact) mass is 331 g/mol. The maximum Gasteiger partial charge on any atom is 0.308 e. The second kappa shape index (κ2) is 7.00. The van der Waals surface area contributed by atoms with Crippen molar-refractivity contribution in [3.63, 3.8) is 0 Å². The lowest BCUT2D eigenvalue weighted by Crippen LogP contribution is -2.30. The Labute approximate surface area is 132 Å². The number of carboxylic acids is 1. The van der Waals surface area contributed by atoms with Gasteiger partial charge in [-0.2, -0.15) is 0 Å². The van der Waals surface area contributed by atoms with Crippen LogP contribution in [-0.2, 0) is 9.59 Å². The summed E-state index contributed by atoms with van der Waals surface area (Å²) in [4.78, 5) is 24.4. The van der Waals surface area contributed by atoms with E-state index in [9.17, 15) is 9.59 Å². The van der Waals surface area contributed by atoms with E-state index in [2.05, 4.69) is 0 Å². The van der Waals surface area contributed by atoms with Crippen molar-refractivity contribution < 1.29 is 19.4 Å². The number of halogens is 2. The molecule has 1 N–H and O–H groups in total. The number of hydrogen-bond acceptors (Lipinski definition) is 3. The summed E-state index contributed by atoms with van der Waals surface area (Å²) in [6.07, 6.45) is 0.678. The predicted octanol–water partition coefficient (Wildman–Crippen LogP) is 2.70. The molecular formula is C14H15Cl2NO4. The van der Waals surface area contributed by atoms with Gasteiger partial charge in [0.15, 0.2) is 0 Å². The Kier molecular flexibility index (Phi) is 5.31. The van der Waals surface area contributed by atoms with Crippen molar-refractivity contribution in [1.29, 1.82) is 0 Å². The molecule has 1 aliphatic rings. The zero-order valence-corrected chi connectivity index (χ0v) is 12.7. The standard InChI is InChI=1S/C14H15Cl2NO4/c15-10-2-1-3-11(13(10)16)21-7-5-12(18)17-6-4-9(8-17)14(19)20/h1-3,9H,4-8H2,(H,19,20). The fourth-order valence-electron chi connectivity index (χ4n) is 2.19. The first-order chi connectivity index (χ1) is 9.99. The van der Waals surface area contributed by atoms with Crippen LogP contribution in [0.5, 0.6) is 5.75 Å². The Balaban J connectivity index is 1.80. The molecule has 1 amide bonds. The van der Waals surface area contributed by atoms with Crippen LogP contribution in [0.2, 0.25) is 10.0 Å². The lowest BCUT2D eigenvalue weighted by atomic mass is 10.1. The van der Waals surface area contributed by atoms with Gasteiger partial charge in [-0.25, -0.2) is 0 Å². The van der Waals surface area contributed by atoms with E-state index in [0.29, 0.717) is 28.8 Å². The minimum absolute atomic E-state index is 0.114. The Morgan fingerprint density at radius 2 is 2.14 bits per heavy atom. The van der Waals surface area contributed by atoms with Crippen LogP contribution in [0.1, 0.15) is 12.8 Å². The normalized spacial score (nSPS) is 17.8. The third kappa shape index (κ3) is 4.02. The molecule has 1 aromatic rings. The van der Waals surface area contributed by atoms with Crippen molar-refractivity contribution in [3.8, 4) is 5.75 Å². The molecule has 1 heterocycles. The number of benzene rings is 1. The first-order valence-corrected chi connectivity index (χ1v) is 7.32. The van der Waals surface area contributed by atoms with Gasteiger partial charge in [-0.05, 0) is 18.6 Å². The SMILES string of the molecule is O=C(O)C1CCN(C(=O)CCOc2cccc(Cl)c2Cl)C1. The summed E-state index contributed by atoms with van der Waals surface area (Å²) < 4.78 is 5.44. The lowest BCUT2D eigenvalue weighted by molar-refractivity contribution is -0.141. The highest BCUT2D eigenvalue weighted by Crippen LogP contribution is 2.31. The van der Waals surface area contributed by atoms with Gasteiger partial charge < -0.3 is 14.7 Å². The number of ether oxygens (including phenoxy) is 1. The highest BCUT2D eigenvalue weighted by atomic mass is 35.5. The number of hydrogen-bond donors (Lipinski definition) is 1. The highest BCUT2D eigenvalue weighted by molar-refractivity contribution is 6.42. The minimum atomic E-state index is -0.854. The molecule has 1 atom stereocenters. The van der Waals surface area contributed by atoms with E-state index in [0.717, 1.165) is 0 Å². The van der Waals surface area contributed by atoms with Gasteiger partial charge in [0.05, 0.1) is 24.0 Å². The first kappa shape index (κ1) is 15.9. The van der Waals surface area contributed by atoms with Gasteiger partial charge in [0.1, 0.15) is 10.8 Å². The quantitative estimate of drug-likeness (QED) is 0.900. The molecule has 1 aliphatic heterocycles. The molecule has 5 nitrogen and oxygen atoms in total. The average Bonchev–Trinajstić information content (AvgIpc) is 2.93. The molecule has 2 rings (SSSR count). The molecule has 1 saturated heterocycles. The van der Waals surface area contributed by atoms with Crippen LogP contribution in [-0.4, -0.2) is 41.6 Å². The van der Waals surface area contributed by atoms with Crippen molar-refractivity contribution in [2.24, 2.45) is 5.92 Å². The fraction of sp³-hybridized carbons (Fsp3) is 0.429. The van der Waals surface area contributed by atoms with E-state index in [1.165, 1.54) is 0 Å². The average molecular weight is 332 g/mol. The number of amides is 1. The second-order valence-corrected chi connectivity index (χ2v) is 5.60. The summed E-state index contributed by atoms with van der Waals surface area (Å²) in [7, 11) is 0. The number of carbonyl (C=O) groups excluding carboxylic acids is 1. The van der Waals surface area contributed by atoms with Crippen molar-refractivity contribution in [2.45, 2.75) is 12.8 Å². The molecule has 0 radical (unpaired) electrons. The Hall–Kier alpha value is -1.46. The number of carbonyl (C=O) groups is 2. The van der Waals surface area contributed by atoms with Crippen molar-refractivity contribution in [2.75, 3.05) is 19.7 Å². The molecular weight excluding hydrogens is 317 g/mol. The summed E-state index contributed by atoms with van der Waals surface area (Å²) in [5.74, 6) is -0.997. The van der Waals surface area contributed by atoms with E-state index in [1.807, 2.05) is 0 Å². The summed E-state index contributed by atoms with van der Waals surface area (Å²) >= 11 is 11.8. The Morgan fingerprint density at radius 1 is 1.38 bits per heavy atom. The van der Waals surface area contributed by atoms with Gasteiger partial charge in [0.2, 0.25) is 5.91 Å². The van der Waals surface area contributed by atoms with Crippen LogP contribution in [0.4, 0.5) is 0 Å². The van der Waals surface area contributed by atoms with Gasteiger partial charge in [0.25, 0.3) is 0 Å². The molecule has 7 heteroatoms. The summed E-state index contributed by atoms with van der Waals surface area (Å²) in [6, 6.07) is 5.04. The minimum Gasteiger partial charge on any atom is -0.491 e. The number of aliphatic carboxylic acids is 1. The molecule has 0 spiro atoms. The van der Waals surface area contributed by atoms with Gasteiger partial charge in [-0.3, -0.25) is 9.59 Å². The molecule has 114 valence electrons. The maximum absolute atomic E-state index is 11.9. The van der Waals surface area contributed by atoms with Gasteiger partial charge in [0, 0.05) is 13.1 Å². The van der Waals surface area contributed by atoms with E-state index >= 15 is 0 Å². The Bertz CT molecular complexity index is 550. The first-order valence-electron chi connectivity index (χ1n) is 6.56. The fourth-order valence-corrected chi connectivity index (χ4v) is 2.54. The predicted molar refractivity (Wildman–Crippen MR) is 78.9 cm³/mol. The number of nitrogens with zero attached hydrogens (tertiary/aromatic N) is 1. The van der Waals surface area contributed by atoms with Crippen LogP contribution in [0.25, 0.3) is 0 Å². The van der Waals surface area contributed by atoms with Crippen molar-refractivity contribution >= 4 is 35.1 Å². The van der Waals surface area contributed by atoms with Gasteiger partial charge in [-0.15, -0.1) is 0 Å². The molecule has 1 aromatic carbocycles. The van der Waals surface area contributed by atoms with Crippen molar-refractivity contribution in [3.05, 3.63) is 28.2 Å². The van der Waals surface area contributed by atoms with Gasteiger partial charge in [-0.1, -0.05) is 29.3 Å². The van der Waals surface area contributed by atoms with E-state index in [1.54, 1.807) is 23.1 Å². The van der Waals surface area contributed by atoms with E-state index in [-0.39, 0.29) is 25.5 Å². The van der Waals surface area contributed by atoms with Gasteiger partial charge >= 0.3 is 5.97 Å². The molecule has 0 bridgehead atoms. The van der Waals surface area contributed by atoms with Crippen LogP contribution >= 0.6 is 23.2 Å². The molecule has 0 aromatic heterocycles. The third-order valence-electron chi connectivity index (χ3n) is 3.38. The summed E-state index contributed by atoms with van der Waals surface area (Å²) in [5.41, 5.74) is 0. The number of carboxylic acid groups (broad SMARTS) is 1. The number of likely N-dealkylation sites (tertiary alicyclic amines) is 1.